The Morgan fingerprint density at radius 3 is 2.29 bits per heavy atom. The average Bonchev–Trinajstić information content (AvgIpc) is 2.11. The second-order valence-corrected chi connectivity index (χ2v) is 7.65. The molecular weight excluding hydrogens is 236 g/mol. The standard InChI is InChI=1S/C13H20O3S/c1-3-12-11-5-9-4-10(6-11)8-13(12,7-9)16-17(2,14)15/h3,9-11H,4-8H2,1-2H3/b12-3+/t9-,10+,11?,13?. The lowest BCUT2D eigenvalue weighted by Gasteiger charge is -2.57. The molecule has 0 aromatic carbocycles. The van der Waals surface area contributed by atoms with E-state index in [-0.39, 0.29) is 0 Å². The predicted octanol–water partition coefficient (Wildman–Crippen LogP) is 2.49. The molecule has 4 atom stereocenters. The second kappa shape index (κ2) is 3.58. The SMILES string of the molecule is C/C=C1\C2C[C@@H]3C[C@H](C2)CC1(OS(C)(=O)=O)C3. The monoisotopic (exact) mass is 256 g/mol. The van der Waals surface area contributed by atoms with E-state index in [0.717, 1.165) is 12.8 Å². The molecule has 4 rings (SSSR count). The van der Waals surface area contributed by atoms with Crippen molar-refractivity contribution >= 4 is 10.1 Å². The Balaban J connectivity index is 2.01. The van der Waals surface area contributed by atoms with Crippen molar-refractivity contribution in [2.24, 2.45) is 17.8 Å². The molecule has 0 amide bonds. The molecule has 0 aromatic rings. The van der Waals surface area contributed by atoms with Crippen LogP contribution in [0.5, 0.6) is 0 Å². The Morgan fingerprint density at radius 2 is 1.82 bits per heavy atom. The Hall–Kier alpha value is -0.350. The summed E-state index contributed by atoms with van der Waals surface area (Å²) in [5.41, 5.74) is 0.784. The minimum atomic E-state index is -3.37. The minimum absolute atomic E-state index is 0.475. The molecule has 96 valence electrons. The zero-order chi connectivity index (χ0) is 12.3. The third-order valence-corrected chi connectivity index (χ3v) is 5.35. The molecule has 0 spiro atoms. The van der Waals surface area contributed by atoms with Gasteiger partial charge < -0.3 is 0 Å². The van der Waals surface area contributed by atoms with Crippen LogP contribution in [-0.4, -0.2) is 20.3 Å². The van der Waals surface area contributed by atoms with Gasteiger partial charge in [-0.05, 0) is 62.4 Å². The Morgan fingerprint density at radius 1 is 1.24 bits per heavy atom. The maximum absolute atomic E-state index is 11.5. The van der Waals surface area contributed by atoms with Crippen molar-refractivity contribution in [2.75, 3.05) is 6.26 Å². The summed E-state index contributed by atoms with van der Waals surface area (Å²) < 4.78 is 28.6. The molecule has 0 aromatic heterocycles. The van der Waals surface area contributed by atoms with Crippen LogP contribution in [0.15, 0.2) is 11.6 Å². The van der Waals surface area contributed by atoms with Gasteiger partial charge in [0.15, 0.2) is 0 Å². The molecule has 4 saturated carbocycles. The van der Waals surface area contributed by atoms with Crippen molar-refractivity contribution in [3.63, 3.8) is 0 Å². The summed E-state index contributed by atoms with van der Waals surface area (Å²) in [6, 6.07) is 0. The van der Waals surface area contributed by atoms with Gasteiger partial charge in [0.1, 0.15) is 5.60 Å². The van der Waals surface area contributed by atoms with Crippen LogP contribution in [-0.2, 0) is 14.3 Å². The normalized spacial score (nSPS) is 46.7. The van der Waals surface area contributed by atoms with Gasteiger partial charge in [0.25, 0.3) is 10.1 Å². The average molecular weight is 256 g/mol. The van der Waals surface area contributed by atoms with Crippen LogP contribution in [0, 0.1) is 17.8 Å². The molecule has 2 unspecified atom stereocenters. The molecule has 0 aliphatic heterocycles. The number of allylic oxidation sites excluding steroid dienone is 1. The van der Waals surface area contributed by atoms with Gasteiger partial charge in [-0.2, -0.15) is 8.42 Å². The van der Waals surface area contributed by atoms with E-state index >= 15 is 0 Å². The maximum Gasteiger partial charge on any atom is 0.265 e. The molecule has 0 N–H and O–H groups in total. The van der Waals surface area contributed by atoms with Gasteiger partial charge in [-0.15, -0.1) is 0 Å². The molecule has 3 nitrogen and oxygen atoms in total. The molecule has 4 bridgehead atoms. The highest BCUT2D eigenvalue weighted by Gasteiger charge is 2.56. The summed E-state index contributed by atoms with van der Waals surface area (Å²) in [4.78, 5) is 0. The van der Waals surface area contributed by atoms with Crippen LogP contribution in [0.2, 0.25) is 0 Å². The van der Waals surface area contributed by atoms with Crippen molar-refractivity contribution in [3.05, 3.63) is 11.6 Å². The molecule has 17 heavy (non-hydrogen) atoms. The third kappa shape index (κ3) is 1.85. The molecule has 0 heterocycles. The Kier molecular flexibility index (Phi) is 2.47. The fourth-order valence-corrected chi connectivity index (χ4v) is 5.49. The van der Waals surface area contributed by atoms with Gasteiger partial charge in [-0.1, -0.05) is 6.08 Å². The van der Waals surface area contributed by atoms with Gasteiger partial charge in [0, 0.05) is 0 Å². The summed E-state index contributed by atoms with van der Waals surface area (Å²) in [6.45, 7) is 2.02. The largest absolute Gasteiger partial charge is 0.265 e. The van der Waals surface area contributed by atoms with E-state index in [1.165, 1.54) is 31.1 Å². The number of hydrogen-bond donors (Lipinski definition) is 0. The molecule has 4 aliphatic rings. The van der Waals surface area contributed by atoms with Crippen LogP contribution in [0.3, 0.4) is 0 Å². The highest BCUT2D eigenvalue weighted by molar-refractivity contribution is 7.86. The van der Waals surface area contributed by atoms with Gasteiger partial charge in [0.2, 0.25) is 0 Å². The van der Waals surface area contributed by atoms with Crippen molar-refractivity contribution in [2.45, 2.75) is 44.6 Å². The zero-order valence-corrected chi connectivity index (χ0v) is 11.3. The van der Waals surface area contributed by atoms with E-state index in [9.17, 15) is 8.42 Å². The van der Waals surface area contributed by atoms with E-state index < -0.39 is 15.7 Å². The number of hydrogen-bond acceptors (Lipinski definition) is 3. The molecule has 4 aliphatic carbocycles. The number of rotatable bonds is 2. The first-order valence-corrected chi connectivity index (χ1v) is 8.31. The highest BCUT2D eigenvalue weighted by atomic mass is 32.2. The molecule has 0 saturated heterocycles. The van der Waals surface area contributed by atoms with Crippen molar-refractivity contribution in [1.29, 1.82) is 0 Å². The Labute approximate surface area is 103 Å². The van der Waals surface area contributed by atoms with Gasteiger partial charge >= 0.3 is 0 Å². The fraction of sp³-hybridized carbons (Fsp3) is 0.846. The van der Waals surface area contributed by atoms with E-state index in [4.69, 9.17) is 4.18 Å². The molecule has 0 radical (unpaired) electrons. The van der Waals surface area contributed by atoms with Crippen LogP contribution in [0.25, 0.3) is 0 Å². The maximum atomic E-state index is 11.5. The van der Waals surface area contributed by atoms with Crippen molar-refractivity contribution in [1.82, 2.24) is 0 Å². The van der Waals surface area contributed by atoms with E-state index in [1.54, 1.807) is 0 Å². The molecular formula is C13H20O3S. The third-order valence-electron chi connectivity index (χ3n) is 4.73. The topological polar surface area (TPSA) is 43.4 Å². The Bertz CT molecular complexity index is 449. The van der Waals surface area contributed by atoms with Crippen LogP contribution < -0.4 is 0 Å². The summed E-state index contributed by atoms with van der Waals surface area (Å²) in [5, 5.41) is 0. The first-order chi connectivity index (χ1) is 7.92. The van der Waals surface area contributed by atoms with Gasteiger partial charge in [0.05, 0.1) is 6.26 Å². The molecule has 4 heteroatoms. The lowest BCUT2D eigenvalue weighted by molar-refractivity contribution is -0.0553. The summed E-state index contributed by atoms with van der Waals surface area (Å²) >= 11 is 0. The minimum Gasteiger partial charge on any atom is -0.259 e. The lowest BCUT2D eigenvalue weighted by atomic mass is 9.52. The highest BCUT2D eigenvalue weighted by Crippen LogP contribution is 2.60. The van der Waals surface area contributed by atoms with Crippen molar-refractivity contribution < 1.29 is 12.6 Å². The second-order valence-electron chi connectivity index (χ2n) is 6.07. The summed E-state index contributed by atoms with van der Waals surface area (Å²) in [7, 11) is -3.37. The van der Waals surface area contributed by atoms with E-state index in [0.29, 0.717) is 17.8 Å². The van der Waals surface area contributed by atoms with Gasteiger partial charge in [-0.25, -0.2) is 0 Å². The zero-order valence-electron chi connectivity index (χ0n) is 10.5. The first kappa shape index (κ1) is 11.7. The fourth-order valence-electron chi connectivity index (χ4n) is 4.68. The summed E-state index contributed by atoms with van der Waals surface area (Å²) in [6.07, 6.45) is 8.87. The first-order valence-electron chi connectivity index (χ1n) is 6.49. The van der Waals surface area contributed by atoms with Crippen LogP contribution in [0.1, 0.15) is 39.0 Å². The van der Waals surface area contributed by atoms with Crippen LogP contribution >= 0.6 is 0 Å². The van der Waals surface area contributed by atoms with Crippen molar-refractivity contribution in [3.8, 4) is 0 Å². The van der Waals surface area contributed by atoms with E-state index in [1.807, 2.05) is 6.92 Å². The van der Waals surface area contributed by atoms with E-state index in [2.05, 4.69) is 6.08 Å². The smallest absolute Gasteiger partial charge is 0.259 e. The van der Waals surface area contributed by atoms with Crippen LogP contribution in [0.4, 0.5) is 0 Å². The quantitative estimate of drug-likeness (QED) is 0.563. The lowest BCUT2D eigenvalue weighted by Crippen LogP contribution is -2.54. The predicted molar refractivity (Wildman–Crippen MR) is 66.0 cm³/mol. The molecule has 4 fully saturated rings. The van der Waals surface area contributed by atoms with Gasteiger partial charge in [-0.3, -0.25) is 4.18 Å². The summed E-state index contributed by atoms with van der Waals surface area (Å²) in [5.74, 6) is 1.93.